The Hall–Kier alpha value is -0.500. The lowest BCUT2D eigenvalue weighted by atomic mass is 10.1. The third-order valence-electron chi connectivity index (χ3n) is 3.58. The molecule has 0 radical (unpaired) electrons. The van der Waals surface area contributed by atoms with Crippen molar-refractivity contribution in [3.05, 3.63) is 28.5 Å². The van der Waals surface area contributed by atoms with Crippen LogP contribution < -0.4 is 4.72 Å². The lowest BCUT2D eigenvalue weighted by Gasteiger charge is -2.26. The van der Waals surface area contributed by atoms with E-state index in [1.54, 1.807) is 0 Å². The number of rotatable bonds is 6. The standard InChI is InChI=1S/C14H20BrFN2O2S/c15-13-11-12(16)5-6-14(13)21(19,20)17-7-4-10-18-8-2-1-3-9-18/h5-6,11,17H,1-4,7-10H2. The molecule has 1 aromatic rings. The van der Waals surface area contributed by atoms with Gasteiger partial charge in [0.05, 0.1) is 4.90 Å². The molecule has 1 heterocycles. The SMILES string of the molecule is O=S(=O)(NCCCN1CCCCC1)c1ccc(F)cc1Br. The molecule has 1 saturated heterocycles. The van der Waals surface area contributed by atoms with Crippen LogP contribution in [0.4, 0.5) is 4.39 Å². The molecule has 2 rings (SSSR count). The number of piperidine rings is 1. The third kappa shape index (κ3) is 5.02. The molecule has 0 saturated carbocycles. The van der Waals surface area contributed by atoms with E-state index < -0.39 is 15.8 Å². The number of hydrogen-bond acceptors (Lipinski definition) is 3. The molecule has 21 heavy (non-hydrogen) atoms. The van der Waals surface area contributed by atoms with Crippen LogP contribution >= 0.6 is 15.9 Å². The second-order valence-electron chi connectivity index (χ2n) is 5.23. The lowest BCUT2D eigenvalue weighted by molar-refractivity contribution is 0.227. The molecule has 1 fully saturated rings. The van der Waals surface area contributed by atoms with Crippen molar-refractivity contribution in [1.29, 1.82) is 0 Å². The highest BCUT2D eigenvalue weighted by atomic mass is 79.9. The molecule has 0 atom stereocenters. The van der Waals surface area contributed by atoms with Gasteiger partial charge in [0, 0.05) is 11.0 Å². The predicted octanol–water partition coefficient (Wildman–Crippen LogP) is 2.74. The second-order valence-corrected chi connectivity index (χ2v) is 7.82. The Kier molecular flexibility index (Phi) is 6.16. The van der Waals surface area contributed by atoms with Crippen LogP contribution in [0, 0.1) is 5.82 Å². The first-order valence-electron chi connectivity index (χ1n) is 7.16. The topological polar surface area (TPSA) is 49.4 Å². The molecule has 0 aromatic heterocycles. The fraction of sp³-hybridized carbons (Fsp3) is 0.571. The van der Waals surface area contributed by atoms with Crippen molar-refractivity contribution in [3.63, 3.8) is 0 Å². The lowest BCUT2D eigenvalue weighted by Crippen LogP contribution is -2.33. The summed E-state index contributed by atoms with van der Waals surface area (Å²) < 4.78 is 40.1. The van der Waals surface area contributed by atoms with Crippen molar-refractivity contribution in [2.75, 3.05) is 26.2 Å². The highest BCUT2D eigenvalue weighted by molar-refractivity contribution is 9.10. The van der Waals surface area contributed by atoms with Gasteiger partial charge in [-0.3, -0.25) is 0 Å². The molecule has 118 valence electrons. The van der Waals surface area contributed by atoms with Gasteiger partial charge in [0.1, 0.15) is 5.82 Å². The Bertz CT molecular complexity index is 574. The molecular formula is C14H20BrFN2O2S. The summed E-state index contributed by atoms with van der Waals surface area (Å²) in [5.41, 5.74) is 0. The van der Waals surface area contributed by atoms with Crippen LogP contribution in [-0.4, -0.2) is 39.5 Å². The van der Waals surface area contributed by atoms with Crippen LogP contribution in [0.25, 0.3) is 0 Å². The van der Waals surface area contributed by atoms with E-state index in [4.69, 9.17) is 0 Å². The molecule has 0 aliphatic carbocycles. The van der Waals surface area contributed by atoms with Gasteiger partial charge in [-0.15, -0.1) is 0 Å². The second kappa shape index (κ2) is 7.67. The quantitative estimate of drug-likeness (QED) is 0.774. The number of nitrogens with one attached hydrogen (secondary N) is 1. The van der Waals surface area contributed by atoms with Gasteiger partial charge in [-0.05, 0) is 73.0 Å². The van der Waals surface area contributed by atoms with Gasteiger partial charge in [-0.25, -0.2) is 17.5 Å². The Balaban J connectivity index is 1.83. The number of hydrogen-bond donors (Lipinski definition) is 1. The Labute approximate surface area is 133 Å². The van der Waals surface area contributed by atoms with Gasteiger partial charge >= 0.3 is 0 Å². The van der Waals surface area contributed by atoms with E-state index in [1.807, 2.05) is 0 Å². The minimum atomic E-state index is -3.59. The minimum Gasteiger partial charge on any atom is -0.303 e. The first-order valence-corrected chi connectivity index (χ1v) is 9.44. The summed E-state index contributed by atoms with van der Waals surface area (Å²) >= 11 is 3.09. The fourth-order valence-corrected chi connectivity index (χ4v) is 4.58. The van der Waals surface area contributed by atoms with Gasteiger partial charge in [-0.2, -0.15) is 0 Å². The summed E-state index contributed by atoms with van der Waals surface area (Å²) in [6, 6.07) is 3.57. The first-order chi connectivity index (χ1) is 9.99. The average Bonchev–Trinajstić information content (AvgIpc) is 2.44. The van der Waals surface area contributed by atoms with Crippen LogP contribution in [0.1, 0.15) is 25.7 Å². The van der Waals surface area contributed by atoms with E-state index in [1.165, 1.54) is 25.3 Å². The molecule has 4 nitrogen and oxygen atoms in total. The van der Waals surface area contributed by atoms with Crippen LogP contribution in [-0.2, 0) is 10.0 Å². The molecule has 1 aliphatic rings. The Morgan fingerprint density at radius 2 is 1.95 bits per heavy atom. The van der Waals surface area contributed by atoms with Crippen molar-refractivity contribution in [1.82, 2.24) is 9.62 Å². The van der Waals surface area contributed by atoms with E-state index >= 15 is 0 Å². The summed E-state index contributed by atoms with van der Waals surface area (Å²) in [7, 11) is -3.59. The van der Waals surface area contributed by atoms with Gasteiger partial charge in [0.15, 0.2) is 0 Å². The number of halogens is 2. The zero-order valence-corrected chi connectivity index (χ0v) is 14.2. The summed E-state index contributed by atoms with van der Waals surface area (Å²) in [6.45, 7) is 3.52. The van der Waals surface area contributed by atoms with Crippen molar-refractivity contribution in [3.8, 4) is 0 Å². The maximum Gasteiger partial charge on any atom is 0.241 e. The summed E-state index contributed by atoms with van der Waals surface area (Å²) in [6.07, 6.45) is 4.53. The zero-order valence-electron chi connectivity index (χ0n) is 11.8. The van der Waals surface area contributed by atoms with Gasteiger partial charge in [0.25, 0.3) is 0 Å². The molecule has 0 spiro atoms. The average molecular weight is 379 g/mol. The molecule has 1 N–H and O–H groups in total. The van der Waals surface area contributed by atoms with Crippen LogP contribution in [0.5, 0.6) is 0 Å². The highest BCUT2D eigenvalue weighted by Gasteiger charge is 2.17. The molecule has 1 aromatic carbocycles. The molecule has 0 amide bonds. The fourth-order valence-electron chi connectivity index (χ4n) is 2.46. The van der Waals surface area contributed by atoms with E-state index in [9.17, 15) is 12.8 Å². The molecule has 7 heteroatoms. The van der Waals surface area contributed by atoms with Gasteiger partial charge in [0.2, 0.25) is 10.0 Å². The Morgan fingerprint density at radius 3 is 2.62 bits per heavy atom. The molecule has 1 aliphatic heterocycles. The maximum absolute atomic E-state index is 13.0. The van der Waals surface area contributed by atoms with Crippen LogP contribution in [0.3, 0.4) is 0 Å². The van der Waals surface area contributed by atoms with Crippen LogP contribution in [0.15, 0.2) is 27.6 Å². The predicted molar refractivity (Wildman–Crippen MR) is 84.2 cm³/mol. The highest BCUT2D eigenvalue weighted by Crippen LogP contribution is 2.22. The summed E-state index contributed by atoms with van der Waals surface area (Å²) in [4.78, 5) is 2.44. The van der Waals surface area contributed by atoms with Crippen LogP contribution in [0.2, 0.25) is 0 Å². The van der Waals surface area contributed by atoms with Gasteiger partial charge in [-0.1, -0.05) is 6.42 Å². The van der Waals surface area contributed by atoms with E-state index in [0.717, 1.165) is 38.2 Å². The minimum absolute atomic E-state index is 0.0712. The first kappa shape index (κ1) is 16.9. The van der Waals surface area contributed by atoms with E-state index in [2.05, 4.69) is 25.6 Å². The Morgan fingerprint density at radius 1 is 1.24 bits per heavy atom. The zero-order chi connectivity index (χ0) is 15.3. The molecular weight excluding hydrogens is 359 g/mol. The number of nitrogens with zero attached hydrogens (tertiary/aromatic N) is 1. The smallest absolute Gasteiger partial charge is 0.241 e. The van der Waals surface area contributed by atoms with Crippen molar-refractivity contribution in [2.45, 2.75) is 30.6 Å². The van der Waals surface area contributed by atoms with Crippen molar-refractivity contribution >= 4 is 26.0 Å². The number of sulfonamides is 1. The van der Waals surface area contributed by atoms with Crippen molar-refractivity contribution in [2.24, 2.45) is 0 Å². The maximum atomic E-state index is 13.0. The van der Waals surface area contributed by atoms with Gasteiger partial charge < -0.3 is 4.90 Å². The normalized spacial score (nSPS) is 17.0. The summed E-state index contributed by atoms with van der Waals surface area (Å²) in [5.74, 6) is -0.467. The third-order valence-corrected chi connectivity index (χ3v) is 6.01. The number of benzene rings is 1. The van der Waals surface area contributed by atoms with E-state index in [-0.39, 0.29) is 9.37 Å². The number of likely N-dealkylation sites (tertiary alicyclic amines) is 1. The molecule has 0 unspecified atom stereocenters. The van der Waals surface area contributed by atoms with Crippen molar-refractivity contribution < 1.29 is 12.8 Å². The largest absolute Gasteiger partial charge is 0.303 e. The monoisotopic (exact) mass is 378 g/mol. The van der Waals surface area contributed by atoms with E-state index in [0.29, 0.717) is 6.54 Å². The summed E-state index contributed by atoms with van der Waals surface area (Å²) in [5, 5.41) is 0. The molecule has 0 bridgehead atoms.